The van der Waals surface area contributed by atoms with E-state index >= 15 is 0 Å². The van der Waals surface area contributed by atoms with Crippen LogP contribution in [-0.4, -0.2) is 6.15 Å². The van der Waals surface area contributed by atoms with Crippen LogP contribution < -0.4 is 16.4 Å². The van der Waals surface area contributed by atoms with Gasteiger partial charge in [0, 0.05) is 0 Å². The molecule has 0 N–H and O–H groups in total. The zero-order valence-corrected chi connectivity index (χ0v) is 22.0. The molecular formula is C31H42B-. The monoisotopic (exact) mass is 425 g/mol. The van der Waals surface area contributed by atoms with E-state index in [4.69, 9.17) is 0 Å². The number of rotatable bonds is 3. The lowest BCUT2D eigenvalue weighted by atomic mass is 9.17. The van der Waals surface area contributed by atoms with Crippen molar-refractivity contribution in [2.75, 3.05) is 0 Å². The average molecular weight is 425 g/mol. The second kappa shape index (κ2) is 8.25. The van der Waals surface area contributed by atoms with Gasteiger partial charge in [-0.05, 0) is 32.9 Å². The fourth-order valence-corrected chi connectivity index (χ4v) is 4.68. The second-order valence-electron chi connectivity index (χ2n) is 12.9. The Labute approximate surface area is 197 Å². The van der Waals surface area contributed by atoms with E-state index < -0.39 is 6.15 Å². The summed E-state index contributed by atoms with van der Waals surface area (Å²) in [5.41, 5.74) is 8.79. The summed E-state index contributed by atoms with van der Waals surface area (Å²) in [5.74, 6) is 0. The molecule has 0 saturated heterocycles. The molecule has 0 radical (unpaired) electrons. The molecule has 0 amide bonds. The van der Waals surface area contributed by atoms with E-state index in [1.807, 2.05) is 0 Å². The minimum atomic E-state index is -1.08. The SMILES string of the molecule is C[B-](c1ccc(C(C)(C)C)cc1)(c1ccc(C(C)(C)C)cc1)c1ccc(C(C)(C)C)cc1. The van der Waals surface area contributed by atoms with Crippen LogP contribution in [0.5, 0.6) is 0 Å². The van der Waals surface area contributed by atoms with Gasteiger partial charge in [0.2, 0.25) is 0 Å². The molecule has 1 heteroatoms. The lowest BCUT2D eigenvalue weighted by Crippen LogP contribution is -2.64. The molecule has 3 aromatic rings. The van der Waals surface area contributed by atoms with Gasteiger partial charge in [-0.1, -0.05) is 135 Å². The van der Waals surface area contributed by atoms with Gasteiger partial charge in [0.25, 0.3) is 0 Å². The van der Waals surface area contributed by atoms with Crippen molar-refractivity contribution < 1.29 is 0 Å². The van der Waals surface area contributed by atoms with Crippen LogP contribution in [0.3, 0.4) is 0 Å². The highest BCUT2D eigenvalue weighted by Gasteiger charge is 2.26. The molecule has 3 rings (SSSR count). The Morgan fingerprint density at radius 2 is 0.562 bits per heavy atom. The Balaban J connectivity index is 2.17. The van der Waals surface area contributed by atoms with Gasteiger partial charge in [0.15, 0.2) is 0 Å². The molecule has 170 valence electrons. The minimum Gasteiger partial charge on any atom is -0.200 e. The number of benzene rings is 3. The molecule has 0 aliphatic heterocycles. The third kappa shape index (κ3) is 4.88. The fraction of sp³-hybridized carbons (Fsp3) is 0.419. The first-order valence-corrected chi connectivity index (χ1v) is 12.2. The molecule has 0 fully saturated rings. The summed E-state index contributed by atoms with van der Waals surface area (Å²) < 4.78 is 0. The lowest BCUT2D eigenvalue weighted by molar-refractivity contribution is 0.590. The van der Waals surface area contributed by atoms with Crippen LogP contribution in [0, 0.1) is 0 Å². The van der Waals surface area contributed by atoms with Gasteiger partial charge >= 0.3 is 0 Å². The molecule has 32 heavy (non-hydrogen) atoms. The molecule has 0 spiro atoms. The Hall–Kier alpha value is -2.28. The maximum atomic E-state index is 2.43. The Bertz CT molecular complexity index is 893. The molecular weight excluding hydrogens is 383 g/mol. The molecule has 0 aromatic heterocycles. The van der Waals surface area contributed by atoms with Gasteiger partial charge in [0.05, 0.1) is 6.15 Å². The summed E-state index contributed by atoms with van der Waals surface area (Å²) in [5, 5.41) is 0. The van der Waals surface area contributed by atoms with Crippen LogP contribution in [0.4, 0.5) is 0 Å². The average Bonchev–Trinajstić information content (AvgIpc) is 2.71. The molecule has 0 saturated carbocycles. The lowest BCUT2D eigenvalue weighted by Gasteiger charge is -2.40. The van der Waals surface area contributed by atoms with Crippen molar-refractivity contribution in [1.82, 2.24) is 0 Å². The Morgan fingerprint density at radius 1 is 0.375 bits per heavy atom. The van der Waals surface area contributed by atoms with Crippen LogP contribution in [0.25, 0.3) is 0 Å². The van der Waals surface area contributed by atoms with E-state index in [2.05, 4.69) is 142 Å². The van der Waals surface area contributed by atoms with E-state index in [1.165, 1.54) is 33.1 Å². The first kappa shape index (κ1) is 24.4. The van der Waals surface area contributed by atoms with Crippen molar-refractivity contribution in [3.8, 4) is 0 Å². The first-order valence-electron chi connectivity index (χ1n) is 12.2. The number of hydrogen-bond acceptors (Lipinski definition) is 0. The molecule has 0 aliphatic carbocycles. The topological polar surface area (TPSA) is 0 Å². The summed E-state index contributed by atoms with van der Waals surface area (Å²) in [6.07, 6.45) is -1.08. The van der Waals surface area contributed by atoms with Crippen molar-refractivity contribution in [2.24, 2.45) is 0 Å². The van der Waals surface area contributed by atoms with E-state index in [1.54, 1.807) is 0 Å². The minimum absolute atomic E-state index is 0.157. The normalized spacial score (nSPS) is 13.3. The maximum absolute atomic E-state index is 2.43. The van der Waals surface area contributed by atoms with Crippen LogP contribution in [0.2, 0.25) is 6.82 Å². The summed E-state index contributed by atoms with van der Waals surface area (Å²) in [7, 11) is 0. The summed E-state index contributed by atoms with van der Waals surface area (Å²) >= 11 is 0. The predicted octanol–water partition coefficient (Wildman–Crippen LogP) is 6.68. The van der Waals surface area contributed by atoms with E-state index in [-0.39, 0.29) is 16.2 Å². The standard InChI is InChI=1S/C31H42B/c1-29(2,3)23-11-17-26(18-12-23)32(10,27-19-13-24(14-20-27)30(4,5)6)28-21-15-25(16-22-28)31(7,8)9/h11-22H,1-10H3/q-1. The van der Waals surface area contributed by atoms with Crippen molar-refractivity contribution in [1.29, 1.82) is 0 Å². The largest absolute Gasteiger partial charge is 0.200 e. The third-order valence-electron chi connectivity index (χ3n) is 7.33. The first-order chi connectivity index (χ1) is 14.6. The zero-order chi connectivity index (χ0) is 23.9. The Kier molecular flexibility index (Phi) is 6.28. The van der Waals surface area contributed by atoms with Crippen LogP contribution >= 0.6 is 0 Å². The molecule has 0 atom stereocenters. The van der Waals surface area contributed by atoms with Crippen molar-refractivity contribution in [3.63, 3.8) is 0 Å². The smallest absolute Gasteiger partial charge is 0.0787 e. The molecule has 0 unspecified atom stereocenters. The van der Waals surface area contributed by atoms with Gasteiger partial charge in [-0.2, -0.15) is 6.82 Å². The third-order valence-corrected chi connectivity index (χ3v) is 7.33. The van der Waals surface area contributed by atoms with Gasteiger partial charge in [-0.25, -0.2) is 16.4 Å². The maximum Gasteiger partial charge on any atom is 0.0787 e. The highest BCUT2D eigenvalue weighted by molar-refractivity contribution is 7.10. The van der Waals surface area contributed by atoms with Crippen molar-refractivity contribution in [3.05, 3.63) is 89.5 Å². The van der Waals surface area contributed by atoms with Gasteiger partial charge in [-0.15, -0.1) is 0 Å². The van der Waals surface area contributed by atoms with Gasteiger partial charge in [0.1, 0.15) is 0 Å². The molecule has 0 bridgehead atoms. The van der Waals surface area contributed by atoms with E-state index in [9.17, 15) is 0 Å². The quantitative estimate of drug-likeness (QED) is 0.411. The van der Waals surface area contributed by atoms with Crippen molar-refractivity contribution >= 4 is 22.5 Å². The second-order valence-corrected chi connectivity index (χ2v) is 12.9. The Morgan fingerprint density at radius 3 is 0.719 bits per heavy atom. The van der Waals surface area contributed by atoms with Crippen molar-refractivity contribution in [2.45, 2.75) is 85.4 Å². The summed E-state index contributed by atoms with van der Waals surface area (Å²) in [6, 6.07) is 28.1. The molecule has 0 aliphatic rings. The number of hydrogen-bond donors (Lipinski definition) is 0. The summed E-state index contributed by atoms with van der Waals surface area (Å²) in [6.45, 7) is 23.0. The summed E-state index contributed by atoms with van der Waals surface area (Å²) in [4.78, 5) is 0. The van der Waals surface area contributed by atoms with Crippen LogP contribution in [-0.2, 0) is 16.2 Å². The van der Waals surface area contributed by atoms with Crippen LogP contribution in [0.1, 0.15) is 79.0 Å². The van der Waals surface area contributed by atoms with Gasteiger partial charge in [-0.3, -0.25) is 0 Å². The van der Waals surface area contributed by atoms with E-state index in [0.29, 0.717) is 0 Å². The molecule has 0 heterocycles. The molecule has 3 aromatic carbocycles. The van der Waals surface area contributed by atoms with Gasteiger partial charge < -0.3 is 0 Å². The van der Waals surface area contributed by atoms with Crippen LogP contribution in [0.15, 0.2) is 72.8 Å². The molecule has 0 nitrogen and oxygen atoms in total. The predicted molar refractivity (Wildman–Crippen MR) is 146 cm³/mol. The van der Waals surface area contributed by atoms with E-state index in [0.717, 1.165) is 0 Å². The fourth-order valence-electron chi connectivity index (χ4n) is 4.68. The highest BCUT2D eigenvalue weighted by atomic mass is 14.2. The zero-order valence-electron chi connectivity index (χ0n) is 22.0. The highest BCUT2D eigenvalue weighted by Crippen LogP contribution is 2.24.